The molecular weight excluding hydrogens is 325 g/mol. The Morgan fingerprint density at radius 1 is 1.17 bits per heavy atom. The van der Waals surface area contributed by atoms with Crippen LogP contribution in [-0.4, -0.2) is 16.1 Å². The first-order chi connectivity index (χ1) is 8.13. The summed E-state index contributed by atoms with van der Waals surface area (Å²) < 4.78 is 63.1. The standard InChI is InChI=1S/C9H5BrF5N3/c10-3-1-4(16)6-5(2-3)17-7(18-6)8(11,12)9(13,14)15/h1-2H,16H2,(H,17,18). The van der Waals surface area contributed by atoms with Crippen molar-refractivity contribution >= 4 is 32.7 Å². The highest BCUT2D eigenvalue weighted by Crippen LogP contribution is 2.43. The molecule has 98 valence electrons. The second-order valence-corrected chi connectivity index (χ2v) is 4.46. The summed E-state index contributed by atoms with van der Waals surface area (Å²) in [4.78, 5) is 5.15. The lowest BCUT2D eigenvalue weighted by Crippen LogP contribution is -2.34. The summed E-state index contributed by atoms with van der Waals surface area (Å²) >= 11 is 3.04. The highest BCUT2D eigenvalue weighted by atomic mass is 79.9. The number of aromatic nitrogens is 2. The van der Waals surface area contributed by atoms with Gasteiger partial charge in [-0.1, -0.05) is 15.9 Å². The Morgan fingerprint density at radius 2 is 1.78 bits per heavy atom. The normalized spacial score (nSPS) is 13.2. The van der Waals surface area contributed by atoms with Crippen molar-refractivity contribution in [2.75, 3.05) is 5.73 Å². The number of nitrogens with zero attached hydrogens (tertiary/aromatic N) is 1. The number of nitrogens with one attached hydrogen (secondary N) is 1. The lowest BCUT2D eigenvalue weighted by Gasteiger charge is -2.16. The molecule has 3 nitrogen and oxygen atoms in total. The maximum Gasteiger partial charge on any atom is 0.461 e. The number of hydrogen-bond donors (Lipinski definition) is 2. The van der Waals surface area contributed by atoms with Crippen molar-refractivity contribution in [2.45, 2.75) is 12.1 Å². The smallest absolute Gasteiger partial charge is 0.397 e. The Morgan fingerprint density at radius 3 is 2.33 bits per heavy atom. The van der Waals surface area contributed by atoms with Crippen LogP contribution in [0.15, 0.2) is 16.6 Å². The van der Waals surface area contributed by atoms with Crippen molar-refractivity contribution in [3.63, 3.8) is 0 Å². The molecule has 0 saturated heterocycles. The van der Waals surface area contributed by atoms with Gasteiger partial charge in [-0.25, -0.2) is 4.98 Å². The Labute approximate surface area is 105 Å². The lowest BCUT2D eigenvalue weighted by atomic mass is 10.3. The number of aromatic amines is 1. The molecule has 2 rings (SSSR count). The second kappa shape index (κ2) is 3.81. The molecule has 0 aliphatic heterocycles. The molecule has 0 saturated carbocycles. The summed E-state index contributed by atoms with van der Waals surface area (Å²) in [6, 6.07) is 2.67. The summed E-state index contributed by atoms with van der Waals surface area (Å²) in [7, 11) is 0. The van der Waals surface area contributed by atoms with Crippen LogP contribution in [0.3, 0.4) is 0 Å². The van der Waals surface area contributed by atoms with Crippen LogP contribution < -0.4 is 5.73 Å². The molecule has 9 heteroatoms. The van der Waals surface area contributed by atoms with Crippen molar-refractivity contribution in [2.24, 2.45) is 0 Å². The fourth-order valence-electron chi connectivity index (χ4n) is 1.39. The van der Waals surface area contributed by atoms with Gasteiger partial charge in [-0.3, -0.25) is 0 Å². The number of benzene rings is 1. The number of anilines is 1. The Bertz CT molecular complexity index is 604. The van der Waals surface area contributed by atoms with E-state index in [1.807, 2.05) is 4.98 Å². The van der Waals surface area contributed by atoms with E-state index in [2.05, 4.69) is 20.9 Å². The summed E-state index contributed by atoms with van der Waals surface area (Å²) in [5, 5.41) is 0. The predicted molar refractivity (Wildman–Crippen MR) is 58.2 cm³/mol. The minimum atomic E-state index is -5.72. The first-order valence-corrected chi connectivity index (χ1v) is 5.32. The van der Waals surface area contributed by atoms with E-state index in [0.717, 1.165) is 0 Å². The molecular formula is C9H5BrF5N3. The fourth-order valence-corrected chi connectivity index (χ4v) is 1.87. The Balaban J connectivity index is 2.65. The Kier molecular flexibility index (Phi) is 2.76. The van der Waals surface area contributed by atoms with Gasteiger partial charge in [-0.05, 0) is 12.1 Å². The quantitative estimate of drug-likeness (QED) is 0.620. The van der Waals surface area contributed by atoms with Gasteiger partial charge in [-0.2, -0.15) is 22.0 Å². The average Bonchev–Trinajstić information content (AvgIpc) is 2.59. The van der Waals surface area contributed by atoms with Crippen LogP contribution in [0.5, 0.6) is 0 Å². The fraction of sp³-hybridized carbons (Fsp3) is 0.222. The summed E-state index contributed by atoms with van der Waals surface area (Å²) in [5.74, 6) is -6.53. The van der Waals surface area contributed by atoms with E-state index in [1.54, 1.807) is 0 Å². The zero-order valence-corrected chi connectivity index (χ0v) is 10.0. The number of halogens is 6. The number of nitrogens with two attached hydrogens (primary N) is 1. The SMILES string of the molecule is Nc1cc(Br)cc2[nH]c(C(F)(F)C(F)(F)F)nc12. The monoisotopic (exact) mass is 329 g/mol. The second-order valence-electron chi connectivity index (χ2n) is 3.55. The first-order valence-electron chi connectivity index (χ1n) is 4.52. The summed E-state index contributed by atoms with van der Waals surface area (Å²) in [6.45, 7) is 0. The molecule has 1 aromatic heterocycles. The maximum absolute atomic E-state index is 13.1. The average molecular weight is 330 g/mol. The molecule has 1 aromatic carbocycles. The molecule has 1 heterocycles. The number of fused-ring (bicyclic) bond motifs is 1. The summed E-state index contributed by atoms with van der Waals surface area (Å²) in [5.41, 5.74) is 5.36. The zero-order valence-electron chi connectivity index (χ0n) is 8.45. The van der Waals surface area contributed by atoms with Crippen LogP contribution in [0.4, 0.5) is 27.6 Å². The number of H-pyrrole nitrogens is 1. The predicted octanol–water partition coefficient (Wildman–Crippen LogP) is 3.56. The van der Waals surface area contributed by atoms with Crippen molar-refractivity contribution in [1.82, 2.24) is 9.97 Å². The van der Waals surface area contributed by atoms with Gasteiger partial charge in [-0.15, -0.1) is 0 Å². The molecule has 0 aliphatic carbocycles. The van der Waals surface area contributed by atoms with Gasteiger partial charge in [0.2, 0.25) is 0 Å². The van der Waals surface area contributed by atoms with Crippen LogP contribution in [0, 0.1) is 0 Å². The molecule has 18 heavy (non-hydrogen) atoms. The third kappa shape index (κ3) is 1.92. The van der Waals surface area contributed by atoms with Gasteiger partial charge in [0.15, 0.2) is 5.82 Å². The van der Waals surface area contributed by atoms with E-state index in [0.29, 0.717) is 4.47 Å². The molecule has 0 unspecified atom stereocenters. The summed E-state index contributed by atoms with van der Waals surface area (Å²) in [6.07, 6.45) is -5.72. The molecule has 0 fully saturated rings. The van der Waals surface area contributed by atoms with Crippen LogP contribution in [0.25, 0.3) is 11.0 Å². The maximum atomic E-state index is 13.1. The van der Waals surface area contributed by atoms with Crippen molar-refractivity contribution < 1.29 is 22.0 Å². The van der Waals surface area contributed by atoms with Crippen molar-refractivity contribution in [1.29, 1.82) is 0 Å². The van der Waals surface area contributed by atoms with E-state index in [9.17, 15) is 22.0 Å². The molecule has 0 bridgehead atoms. The van der Waals surface area contributed by atoms with E-state index in [1.165, 1.54) is 12.1 Å². The van der Waals surface area contributed by atoms with Crippen LogP contribution in [-0.2, 0) is 5.92 Å². The lowest BCUT2D eigenvalue weighted by molar-refractivity contribution is -0.292. The van der Waals surface area contributed by atoms with Crippen molar-refractivity contribution in [3.8, 4) is 0 Å². The molecule has 0 atom stereocenters. The number of nitrogen functional groups attached to an aromatic ring is 1. The molecule has 0 amide bonds. The number of imidazole rings is 1. The van der Waals surface area contributed by atoms with E-state index < -0.39 is 17.9 Å². The molecule has 2 aromatic rings. The van der Waals surface area contributed by atoms with Crippen molar-refractivity contribution in [3.05, 3.63) is 22.4 Å². The number of rotatable bonds is 1. The molecule has 0 spiro atoms. The van der Waals surface area contributed by atoms with E-state index in [4.69, 9.17) is 5.73 Å². The Hall–Kier alpha value is -1.38. The molecule has 0 aliphatic rings. The zero-order chi connectivity index (χ0) is 13.7. The first kappa shape index (κ1) is 13.1. The topological polar surface area (TPSA) is 54.7 Å². The largest absolute Gasteiger partial charge is 0.461 e. The van der Waals surface area contributed by atoms with Gasteiger partial charge in [0.05, 0.1) is 11.2 Å². The van der Waals surface area contributed by atoms with Crippen LogP contribution >= 0.6 is 15.9 Å². The molecule has 3 N–H and O–H groups in total. The van der Waals surface area contributed by atoms with E-state index in [-0.39, 0.29) is 16.7 Å². The number of hydrogen-bond acceptors (Lipinski definition) is 2. The van der Waals surface area contributed by atoms with E-state index >= 15 is 0 Å². The molecule has 0 radical (unpaired) electrons. The minimum absolute atomic E-state index is 0.000139. The van der Waals surface area contributed by atoms with Gasteiger partial charge in [0.1, 0.15) is 5.52 Å². The third-order valence-corrected chi connectivity index (χ3v) is 2.69. The number of alkyl halides is 5. The van der Waals surface area contributed by atoms with Gasteiger partial charge in [0.25, 0.3) is 0 Å². The van der Waals surface area contributed by atoms with Gasteiger partial charge < -0.3 is 10.7 Å². The van der Waals surface area contributed by atoms with Crippen LogP contribution in [0.2, 0.25) is 0 Å². The minimum Gasteiger partial charge on any atom is -0.397 e. The van der Waals surface area contributed by atoms with Crippen LogP contribution in [0.1, 0.15) is 5.82 Å². The highest BCUT2D eigenvalue weighted by Gasteiger charge is 2.61. The van der Waals surface area contributed by atoms with Gasteiger partial charge >= 0.3 is 12.1 Å². The third-order valence-electron chi connectivity index (χ3n) is 2.23. The highest BCUT2D eigenvalue weighted by molar-refractivity contribution is 9.10. The van der Waals surface area contributed by atoms with Gasteiger partial charge in [0, 0.05) is 4.47 Å².